The van der Waals surface area contributed by atoms with E-state index in [0.717, 1.165) is 25.7 Å². The molecule has 1 fully saturated rings. The zero-order valence-electron chi connectivity index (χ0n) is 12.5. The van der Waals surface area contributed by atoms with Crippen molar-refractivity contribution in [3.63, 3.8) is 0 Å². The minimum Gasteiger partial charge on any atom is -0.392 e. The summed E-state index contributed by atoms with van der Waals surface area (Å²) >= 11 is 0. The molecule has 1 aromatic heterocycles. The van der Waals surface area contributed by atoms with Crippen LogP contribution in [0.2, 0.25) is 0 Å². The van der Waals surface area contributed by atoms with Crippen molar-refractivity contribution in [2.24, 2.45) is 5.41 Å². The number of hydrogen-bond donors (Lipinski definition) is 3. The predicted octanol–water partition coefficient (Wildman–Crippen LogP) is 1.34. The highest BCUT2D eigenvalue weighted by Gasteiger charge is 2.35. The molecule has 0 spiro atoms. The lowest BCUT2D eigenvalue weighted by atomic mass is 9.73. The Morgan fingerprint density at radius 2 is 2.19 bits per heavy atom. The van der Waals surface area contributed by atoms with Gasteiger partial charge in [-0.25, -0.2) is 18.1 Å². The Kier molecular flexibility index (Phi) is 4.85. The Morgan fingerprint density at radius 3 is 2.76 bits per heavy atom. The highest BCUT2D eigenvalue weighted by Crippen LogP contribution is 2.36. The van der Waals surface area contributed by atoms with Gasteiger partial charge in [-0.1, -0.05) is 19.8 Å². The third-order valence-electron chi connectivity index (χ3n) is 4.27. The standard InChI is InChI=1S/C14H23N3O3S/c1-14(8-4-3-5-12(14)18)10-17-13-7-6-11(9-16-13)21(19,20)15-2/h6-7,9,12,15,18H,3-5,8,10H2,1-2H3,(H,16,17). The third kappa shape index (κ3) is 3.72. The molecule has 1 saturated carbocycles. The molecule has 2 atom stereocenters. The quantitative estimate of drug-likeness (QED) is 0.763. The Labute approximate surface area is 126 Å². The van der Waals surface area contributed by atoms with Crippen molar-refractivity contribution in [1.82, 2.24) is 9.71 Å². The second kappa shape index (κ2) is 6.29. The lowest BCUT2D eigenvalue weighted by molar-refractivity contribution is 0.00958. The summed E-state index contributed by atoms with van der Waals surface area (Å²) in [7, 11) is -2.08. The molecule has 1 aromatic rings. The van der Waals surface area contributed by atoms with E-state index in [1.807, 2.05) is 0 Å². The van der Waals surface area contributed by atoms with Crippen molar-refractivity contribution in [3.05, 3.63) is 18.3 Å². The van der Waals surface area contributed by atoms with E-state index in [-0.39, 0.29) is 16.4 Å². The average molecular weight is 313 g/mol. The minimum atomic E-state index is -3.45. The lowest BCUT2D eigenvalue weighted by Crippen LogP contribution is -2.41. The number of pyridine rings is 1. The van der Waals surface area contributed by atoms with Gasteiger partial charge in [0.25, 0.3) is 0 Å². The normalized spacial score (nSPS) is 26.5. The van der Waals surface area contributed by atoms with Crippen LogP contribution in [0, 0.1) is 5.41 Å². The van der Waals surface area contributed by atoms with Crippen LogP contribution in [0.4, 0.5) is 5.82 Å². The topological polar surface area (TPSA) is 91.3 Å². The SMILES string of the molecule is CNS(=O)(=O)c1ccc(NCC2(C)CCCCC2O)nc1. The summed E-state index contributed by atoms with van der Waals surface area (Å²) in [6.45, 7) is 2.70. The van der Waals surface area contributed by atoms with E-state index in [9.17, 15) is 13.5 Å². The molecule has 0 aliphatic heterocycles. The van der Waals surface area contributed by atoms with Gasteiger partial charge in [-0.05, 0) is 32.0 Å². The highest BCUT2D eigenvalue weighted by atomic mass is 32.2. The molecule has 1 heterocycles. The number of aliphatic hydroxyl groups is 1. The fourth-order valence-corrected chi connectivity index (χ4v) is 3.32. The maximum atomic E-state index is 11.6. The first-order valence-electron chi connectivity index (χ1n) is 7.19. The molecule has 0 aromatic carbocycles. The van der Waals surface area contributed by atoms with Crippen LogP contribution < -0.4 is 10.0 Å². The van der Waals surface area contributed by atoms with E-state index in [2.05, 4.69) is 21.9 Å². The van der Waals surface area contributed by atoms with Crippen molar-refractivity contribution in [3.8, 4) is 0 Å². The van der Waals surface area contributed by atoms with Gasteiger partial charge >= 0.3 is 0 Å². The summed E-state index contributed by atoms with van der Waals surface area (Å²) in [5.41, 5.74) is -0.157. The first-order chi connectivity index (χ1) is 9.87. The highest BCUT2D eigenvalue weighted by molar-refractivity contribution is 7.89. The minimum absolute atomic E-state index is 0.138. The van der Waals surface area contributed by atoms with Crippen molar-refractivity contribution < 1.29 is 13.5 Å². The van der Waals surface area contributed by atoms with Crippen LogP contribution in [0.25, 0.3) is 0 Å². The van der Waals surface area contributed by atoms with Crippen LogP contribution in [-0.4, -0.2) is 38.2 Å². The Morgan fingerprint density at radius 1 is 1.43 bits per heavy atom. The van der Waals surface area contributed by atoms with Gasteiger partial charge in [0, 0.05) is 18.2 Å². The van der Waals surface area contributed by atoms with E-state index in [4.69, 9.17) is 0 Å². The molecule has 0 amide bonds. The number of sulfonamides is 1. The van der Waals surface area contributed by atoms with E-state index >= 15 is 0 Å². The van der Waals surface area contributed by atoms with Crippen LogP contribution in [-0.2, 0) is 10.0 Å². The summed E-state index contributed by atoms with van der Waals surface area (Å²) in [5, 5.41) is 13.3. The maximum absolute atomic E-state index is 11.6. The van der Waals surface area contributed by atoms with Gasteiger partial charge in [-0.2, -0.15) is 0 Å². The first-order valence-corrected chi connectivity index (χ1v) is 8.67. The summed E-state index contributed by atoms with van der Waals surface area (Å²) in [4.78, 5) is 4.26. The fourth-order valence-electron chi connectivity index (χ4n) is 2.64. The van der Waals surface area contributed by atoms with Gasteiger partial charge in [0.1, 0.15) is 10.7 Å². The monoisotopic (exact) mass is 313 g/mol. The van der Waals surface area contributed by atoms with Gasteiger partial charge in [-0.3, -0.25) is 0 Å². The van der Waals surface area contributed by atoms with Crippen molar-refractivity contribution in [2.45, 2.75) is 43.6 Å². The molecule has 0 saturated heterocycles. The lowest BCUT2D eigenvalue weighted by Gasteiger charge is -2.38. The number of nitrogens with one attached hydrogen (secondary N) is 2. The van der Waals surface area contributed by atoms with E-state index in [1.165, 1.54) is 19.3 Å². The molecule has 7 heteroatoms. The van der Waals surface area contributed by atoms with E-state index in [0.29, 0.717) is 12.4 Å². The Bertz CT molecular complexity index is 574. The molecule has 0 bridgehead atoms. The molecular weight excluding hydrogens is 290 g/mol. The summed E-state index contributed by atoms with van der Waals surface area (Å²) in [6, 6.07) is 3.16. The number of aliphatic hydroxyl groups excluding tert-OH is 1. The van der Waals surface area contributed by atoms with Crippen LogP contribution >= 0.6 is 0 Å². The maximum Gasteiger partial charge on any atom is 0.241 e. The third-order valence-corrected chi connectivity index (χ3v) is 5.67. The van der Waals surface area contributed by atoms with E-state index in [1.54, 1.807) is 6.07 Å². The number of rotatable bonds is 5. The molecule has 6 nitrogen and oxygen atoms in total. The molecular formula is C14H23N3O3S. The summed E-state index contributed by atoms with van der Waals surface area (Å²) < 4.78 is 25.5. The van der Waals surface area contributed by atoms with Crippen LogP contribution in [0.5, 0.6) is 0 Å². The number of aromatic nitrogens is 1. The zero-order chi connectivity index (χ0) is 15.5. The van der Waals surface area contributed by atoms with Gasteiger partial charge < -0.3 is 10.4 Å². The van der Waals surface area contributed by atoms with Gasteiger partial charge in [0.05, 0.1) is 6.10 Å². The molecule has 1 aliphatic carbocycles. The summed E-state index contributed by atoms with van der Waals surface area (Å²) in [5.74, 6) is 0.615. The molecule has 0 radical (unpaired) electrons. The predicted molar refractivity (Wildman–Crippen MR) is 81.6 cm³/mol. The first kappa shape index (κ1) is 16.2. The average Bonchev–Trinajstić information content (AvgIpc) is 2.49. The van der Waals surface area contributed by atoms with Crippen LogP contribution in [0.3, 0.4) is 0 Å². The largest absolute Gasteiger partial charge is 0.392 e. The molecule has 2 unspecified atom stereocenters. The van der Waals surface area contributed by atoms with Gasteiger partial charge in [0.15, 0.2) is 0 Å². The Balaban J connectivity index is 2.01. The van der Waals surface area contributed by atoms with Crippen molar-refractivity contribution >= 4 is 15.8 Å². The van der Waals surface area contributed by atoms with Gasteiger partial charge in [-0.15, -0.1) is 0 Å². The number of anilines is 1. The smallest absolute Gasteiger partial charge is 0.241 e. The second-order valence-corrected chi connectivity index (χ2v) is 7.74. The fraction of sp³-hybridized carbons (Fsp3) is 0.643. The molecule has 2 rings (SSSR count). The van der Waals surface area contributed by atoms with Crippen LogP contribution in [0.15, 0.2) is 23.2 Å². The van der Waals surface area contributed by atoms with Crippen LogP contribution in [0.1, 0.15) is 32.6 Å². The molecule has 1 aliphatic rings. The number of nitrogens with zero attached hydrogens (tertiary/aromatic N) is 1. The van der Waals surface area contributed by atoms with Crippen molar-refractivity contribution in [2.75, 3.05) is 18.9 Å². The summed E-state index contributed by atoms with van der Waals surface area (Å²) in [6.07, 6.45) is 5.04. The second-order valence-electron chi connectivity index (χ2n) is 5.86. The Hall–Kier alpha value is -1.18. The van der Waals surface area contributed by atoms with Gasteiger partial charge in [0.2, 0.25) is 10.0 Å². The van der Waals surface area contributed by atoms with E-state index < -0.39 is 10.0 Å². The molecule has 3 N–H and O–H groups in total. The molecule has 118 valence electrons. The molecule has 21 heavy (non-hydrogen) atoms. The van der Waals surface area contributed by atoms with Crippen molar-refractivity contribution in [1.29, 1.82) is 0 Å². The zero-order valence-corrected chi connectivity index (χ0v) is 13.3. The number of hydrogen-bond acceptors (Lipinski definition) is 5.